The number of benzene rings is 1. The number of rotatable bonds is 5. The third-order valence-electron chi connectivity index (χ3n) is 4.43. The lowest BCUT2D eigenvalue weighted by molar-refractivity contribution is 0.483. The zero-order chi connectivity index (χ0) is 19.7. The lowest BCUT2D eigenvalue weighted by Crippen LogP contribution is -2.33. The number of aromatic nitrogens is 4. The first-order valence-corrected chi connectivity index (χ1v) is 10.0. The van der Waals surface area contributed by atoms with Gasteiger partial charge in [-0.15, -0.1) is 0 Å². The summed E-state index contributed by atoms with van der Waals surface area (Å²) < 4.78 is 31.8. The fraction of sp³-hybridized carbons (Fsp3) is 0.167. The van der Waals surface area contributed by atoms with Crippen molar-refractivity contribution in [3.63, 3.8) is 0 Å². The van der Waals surface area contributed by atoms with Gasteiger partial charge < -0.3 is 10.6 Å². The van der Waals surface area contributed by atoms with Gasteiger partial charge in [-0.3, -0.25) is 9.65 Å². The third-order valence-corrected chi connectivity index (χ3v) is 5.28. The van der Waals surface area contributed by atoms with E-state index >= 15 is 0 Å². The Kier molecular flexibility index (Phi) is 4.57. The van der Waals surface area contributed by atoms with E-state index in [9.17, 15) is 13.0 Å². The van der Waals surface area contributed by atoms with Crippen LogP contribution >= 0.6 is 0 Å². The van der Waals surface area contributed by atoms with Crippen LogP contribution in [0.4, 0.5) is 17.5 Å². The Bertz CT molecular complexity index is 1250. The monoisotopic (exact) mass is 398 g/mol. The van der Waals surface area contributed by atoms with Crippen molar-refractivity contribution in [1.29, 1.82) is 0 Å². The van der Waals surface area contributed by atoms with Crippen LogP contribution in [0.3, 0.4) is 0 Å². The summed E-state index contributed by atoms with van der Waals surface area (Å²) >= 11 is 0. The third kappa shape index (κ3) is 3.73. The summed E-state index contributed by atoms with van der Waals surface area (Å²) in [6.45, 7) is 2.12. The van der Waals surface area contributed by atoms with E-state index in [-0.39, 0.29) is 10.8 Å². The highest BCUT2D eigenvalue weighted by atomic mass is 32.2. The van der Waals surface area contributed by atoms with E-state index in [1.807, 2.05) is 0 Å². The van der Waals surface area contributed by atoms with Crippen molar-refractivity contribution < 1.29 is 13.0 Å². The van der Waals surface area contributed by atoms with E-state index in [2.05, 4.69) is 43.8 Å². The fourth-order valence-corrected chi connectivity index (χ4v) is 3.55. The SMILES string of the molecule is CC1CC=c2[nH]ncc2=C1Nc1ccnc(Nc2cccc(S(=O)(=O)O)c2)n1. The van der Waals surface area contributed by atoms with Crippen molar-refractivity contribution in [2.24, 2.45) is 5.92 Å². The molecule has 9 nitrogen and oxygen atoms in total. The predicted molar refractivity (Wildman–Crippen MR) is 105 cm³/mol. The molecule has 3 aromatic rings. The van der Waals surface area contributed by atoms with E-state index < -0.39 is 10.1 Å². The molecule has 0 radical (unpaired) electrons. The summed E-state index contributed by atoms with van der Waals surface area (Å²) in [5.41, 5.74) is 1.46. The van der Waals surface area contributed by atoms with Crippen molar-refractivity contribution in [2.45, 2.75) is 18.2 Å². The molecule has 4 rings (SSSR count). The molecule has 1 aliphatic rings. The van der Waals surface area contributed by atoms with Crippen LogP contribution in [0.25, 0.3) is 11.8 Å². The van der Waals surface area contributed by atoms with Crippen LogP contribution in [-0.2, 0) is 10.1 Å². The number of hydrogen-bond acceptors (Lipinski definition) is 7. The van der Waals surface area contributed by atoms with Crippen molar-refractivity contribution in [2.75, 3.05) is 10.6 Å². The molecule has 4 N–H and O–H groups in total. The molecule has 0 saturated carbocycles. The molecule has 1 aliphatic carbocycles. The van der Waals surface area contributed by atoms with Crippen LogP contribution in [0, 0.1) is 5.92 Å². The van der Waals surface area contributed by atoms with Gasteiger partial charge in [-0.2, -0.15) is 18.5 Å². The van der Waals surface area contributed by atoms with Crippen LogP contribution in [0.2, 0.25) is 0 Å². The Balaban J connectivity index is 1.61. The van der Waals surface area contributed by atoms with Gasteiger partial charge in [0.25, 0.3) is 10.1 Å². The fourth-order valence-electron chi connectivity index (χ4n) is 3.02. The van der Waals surface area contributed by atoms with Gasteiger partial charge in [-0.1, -0.05) is 19.1 Å². The largest absolute Gasteiger partial charge is 0.343 e. The smallest absolute Gasteiger partial charge is 0.294 e. The normalized spacial score (nSPS) is 16.2. The van der Waals surface area contributed by atoms with Gasteiger partial charge in [-0.05, 0) is 30.7 Å². The van der Waals surface area contributed by atoms with Gasteiger partial charge >= 0.3 is 0 Å². The van der Waals surface area contributed by atoms with E-state index in [0.29, 0.717) is 17.5 Å². The summed E-state index contributed by atoms with van der Waals surface area (Å²) in [6.07, 6.45) is 6.38. The molecule has 0 spiro atoms. The number of anilines is 3. The summed E-state index contributed by atoms with van der Waals surface area (Å²) in [5, 5.41) is 15.4. The molecule has 10 heteroatoms. The lowest BCUT2D eigenvalue weighted by atomic mass is 9.98. The van der Waals surface area contributed by atoms with Crippen molar-refractivity contribution in [1.82, 2.24) is 20.2 Å². The second-order valence-corrected chi connectivity index (χ2v) is 7.89. The first-order valence-electron chi connectivity index (χ1n) is 8.58. The molecular weight excluding hydrogens is 380 g/mol. The minimum Gasteiger partial charge on any atom is -0.343 e. The highest BCUT2D eigenvalue weighted by molar-refractivity contribution is 7.85. The molecule has 0 aliphatic heterocycles. The molecule has 1 unspecified atom stereocenters. The van der Waals surface area contributed by atoms with Crippen LogP contribution in [0.5, 0.6) is 0 Å². The molecular formula is C18H18N6O3S. The number of nitrogens with one attached hydrogen (secondary N) is 3. The maximum Gasteiger partial charge on any atom is 0.294 e. The van der Waals surface area contributed by atoms with Gasteiger partial charge in [0.15, 0.2) is 0 Å². The topological polar surface area (TPSA) is 133 Å². The molecule has 2 aromatic heterocycles. The van der Waals surface area contributed by atoms with Gasteiger partial charge in [0.2, 0.25) is 5.95 Å². The number of hydrogen-bond donors (Lipinski definition) is 4. The molecule has 0 saturated heterocycles. The molecule has 0 amide bonds. The average Bonchev–Trinajstić information content (AvgIpc) is 3.13. The molecule has 0 bridgehead atoms. The maximum absolute atomic E-state index is 11.3. The zero-order valence-corrected chi connectivity index (χ0v) is 15.7. The predicted octanol–water partition coefficient (Wildman–Crippen LogP) is 1.23. The minimum absolute atomic E-state index is 0.206. The Morgan fingerprint density at radius 3 is 2.93 bits per heavy atom. The van der Waals surface area contributed by atoms with Gasteiger partial charge in [0.1, 0.15) is 5.82 Å². The Hall–Kier alpha value is -3.24. The van der Waals surface area contributed by atoms with Crippen molar-refractivity contribution in [3.05, 3.63) is 53.3 Å². The molecule has 28 heavy (non-hydrogen) atoms. The van der Waals surface area contributed by atoms with E-state index in [4.69, 9.17) is 0 Å². The lowest BCUT2D eigenvalue weighted by Gasteiger charge is -2.18. The number of fused-ring (bicyclic) bond motifs is 1. The van der Waals surface area contributed by atoms with Crippen LogP contribution in [-0.4, -0.2) is 33.1 Å². The van der Waals surface area contributed by atoms with Gasteiger partial charge in [-0.25, -0.2) is 4.98 Å². The summed E-state index contributed by atoms with van der Waals surface area (Å²) in [4.78, 5) is 8.40. The molecule has 1 aromatic carbocycles. The Morgan fingerprint density at radius 2 is 2.11 bits per heavy atom. The second-order valence-electron chi connectivity index (χ2n) is 6.47. The van der Waals surface area contributed by atoms with Crippen LogP contribution in [0.1, 0.15) is 13.3 Å². The number of aromatic amines is 1. The first kappa shape index (κ1) is 18.1. The number of H-pyrrole nitrogens is 1. The molecule has 144 valence electrons. The van der Waals surface area contributed by atoms with E-state index in [0.717, 1.165) is 22.7 Å². The minimum atomic E-state index is -4.28. The number of nitrogens with zero attached hydrogens (tertiary/aromatic N) is 3. The van der Waals surface area contributed by atoms with E-state index in [1.54, 1.807) is 24.5 Å². The summed E-state index contributed by atoms with van der Waals surface area (Å²) in [5.74, 6) is 1.17. The van der Waals surface area contributed by atoms with Crippen LogP contribution in [0.15, 0.2) is 47.6 Å². The Morgan fingerprint density at radius 1 is 1.25 bits per heavy atom. The highest BCUT2D eigenvalue weighted by Crippen LogP contribution is 2.21. The average molecular weight is 398 g/mol. The zero-order valence-electron chi connectivity index (χ0n) is 14.9. The van der Waals surface area contributed by atoms with E-state index in [1.165, 1.54) is 18.2 Å². The molecule has 0 fully saturated rings. The highest BCUT2D eigenvalue weighted by Gasteiger charge is 2.15. The van der Waals surface area contributed by atoms with Crippen molar-refractivity contribution in [3.8, 4) is 0 Å². The van der Waals surface area contributed by atoms with Crippen LogP contribution < -0.4 is 21.2 Å². The Labute approximate surface area is 161 Å². The van der Waals surface area contributed by atoms with Gasteiger partial charge in [0, 0.05) is 28.7 Å². The summed E-state index contributed by atoms with van der Waals surface area (Å²) in [7, 11) is -4.28. The maximum atomic E-state index is 11.3. The summed E-state index contributed by atoms with van der Waals surface area (Å²) in [6, 6.07) is 7.54. The van der Waals surface area contributed by atoms with Gasteiger partial charge in [0.05, 0.1) is 16.4 Å². The second kappa shape index (κ2) is 7.06. The molecule has 1 atom stereocenters. The molecule has 2 heterocycles. The van der Waals surface area contributed by atoms with Crippen molar-refractivity contribution >= 4 is 39.3 Å². The quantitative estimate of drug-likeness (QED) is 0.472. The first-order chi connectivity index (χ1) is 13.4. The standard InChI is InChI=1S/C18H18N6O3S/c1-11-5-6-15-14(10-20-24-15)17(11)22-16-7-8-19-18(23-16)21-12-3-2-4-13(9-12)28(25,26)27/h2-4,6-11,24H,5H2,1H3,(H,25,26,27)(H2,19,21,22,23).